The summed E-state index contributed by atoms with van der Waals surface area (Å²) in [7, 11) is 1.70. The van der Waals surface area contributed by atoms with Gasteiger partial charge in [-0.25, -0.2) is 0 Å². The Hall–Kier alpha value is -3.26. The zero-order valence-corrected chi connectivity index (χ0v) is 18.9. The van der Waals surface area contributed by atoms with Crippen molar-refractivity contribution < 1.29 is 9.53 Å². The maximum Gasteiger partial charge on any atom is 0.270 e. The van der Waals surface area contributed by atoms with Gasteiger partial charge in [-0.15, -0.1) is 0 Å². The van der Waals surface area contributed by atoms with Crippen LogP contribution in [0.4, 0.5) is 5.82 Å². The van der Waals surface area contributed by atoms with Crippen molar-refractivity contribution >= 4 is 23.1 Å². The van der Waals surface area contributed by atoms with Crippen LogP contribution < -0.4 is 20.7 Å². The van der Waals surface area contributed by atoms with E-state index in [1.807, 2.05) is 38.1 Å². The number of rotatable bonds is 9. The number of pyridine rings is 1. The molecule has 170 valence electrons. The number of amides is 1. The summed E-state index contributed by atoms with van der Waals surface area (Å²) in [6.07, 6.45) is 1.72. The smallest absolute Gasteiger partial charge is 0.270 e. The monoisotopic (exact) mass is 436 g/mol. The number of piperidine rings is 1. The van der Waals surface area contributed by atoms with Gasteiger partial charge in [0, 0.05) is 36.0 Å². The first-order chi connectivity index (χ1) is 15.4. The third-order valence-corrected chi connectivity index (χ3v) is 5.54. The number of anilines is 1. The van der Waals surface area contributed by atoms with Gasteiger partial charge in [0.2, 0.25) is 5.88 Å². The average molecular weight is 437 g/mol. The van der Waals surface area contributed by atoms with E-state index in [4.69, 9.17) is 15.6 Å². The summed E-state index contributed by atoms with van der Waals surface area (Å²) in [5.74, 6) is 0.517. The second kappa shape index (κ2) is 10.9. The molecule has 1 saturated heterocycles. The first-order valence-corrected chi connectivity index (χ1v) is 11.0. The molecule has 1 aliphatic heterocycles. The van der Waals surface area contributed by atoms with Crippen LogP contribution in [0.15, 0.2) is 36.4 Å². The van der Waals surface area contributed by atoms with Crippen LogP contribution in [0.2, 0.25) is 0 Å². The predicted molar refractivity (Wildman–Crippen MR) is 127 cm³/mol. The summed E-state index contributed by atoms with van der Waals surface area (Å²) in [4.78, 5) is 17.0. The van der Waals surface area contributed by atoms with Gasteiger partial charge in [0.05, 0.1) is 0 Å². The molecule has 3 rings (SSSR count). The number of nitrogens with zero attached hydrogens (tertiary/aromatic N) is 1. The minimum atomic E-state index is -0.398. The maximum absolute atomic E-state index is 12.6. The molecule has 8 heteroatoms. The molecule has 1 aromatic carbocycles. The molecule has 0 atom stereocenters. The van der Waals surface area contributed by atoms with E-state index in [0.717, 1.165) is 37.1 Å². The van der Waals surface area contributed by atoms with Crippen LogP contribution in [0.3, 0.4) is 0 Å². The van der Waals surface area contributed by atoms with Crippen molar-refractivity contribution in [2.24, 2.45) is 5.92 Å². The lowest BCUT2D eigenvalue weighted by atomic mass is 9.96. The Morgan fingerprint density at radius 3 is 2.56 bits per heavy atom. The van der Waals surface area contributed by atoms with Gasteiger partial charge in [0.1, 0.15) is 18.1 Å². The van der Waals surface area contributed by atoms with Gasteiger partial charge in [0.25, 0.3) is 5.91 Å². The molecule has 8 nitrogen and oxygen atoms in total. The summed E-state index contributed by atoms with van der Waals surface area (Å²) >= 11 is 0. The highest BCUT2D eigenvalue weighted by atomic mass is 16.5. The number of nitrogens with one attached hydrogen (secondary N) is 5. The fourth-order valence-corrected chi connectivity index (χ4v) is 3.63. The molecule has 0 spiro atoms. The second-order valence-electron chi connectivity index (χ2n) is 8.18. The third-order valence-electron chi connectivity index (χ3n) is 5.54. The predicted octanol–water partition coefficient (Wildman–Crippen LogP) is 2.96. The van der Waals surface area contributed by atoms with Crippen molar-refractivity contribution in [2.45, 2.75) is 39.3 Å². The van der Waals surface area contributed by atoms with Crippen LogP contribution >= 0.6 is 0 Å². The summed E-state index contributed by atoms with van der Waals surface area (Å²) in [6, 6.07) is 11.1. The molecule has 0 aliphatic carbocycles. The Morgan fingerprint density at radius 1 is 1.16 bits per heavy atom. The topological polar surface area (TPSA) is 123 Å². The molecule has 2 heterocycles. The summed E-state index contributed by atoms with van der Waals surface area (Å²) in [5, 5.41) is 25.9. The SMILES string of the molecule is CNc1nc(OCc2ccccc2C(=N)C(C)C)ccc1C(=N)C(=O)NC1CCNCC1. The van der Waals surface area contributed by atoms with Gasteiger partial charge in [-0.05, 0) is 43.5 Å². The van der Waals surface area contributed by atoms with E-state index in [9.17, 15) is 4.79 Å². The fourth-order valence-electron chi connectivity index (χ4n) is 3.63. The van der Waals surface area contributed by atoms with Crippen LogP contribution in [0.25, 0.3) is 0 Å². The van der Waals surface area contributed by atoms with E-state index in [2.05, 4.69) is 20.9 Å². The van der Waals surface area contributed by atoms with E-state index in [1.165, 1.54) is 0 Å². The molecule has 1 aromatic heterocycles. The van der Waals surface area contributed by atoms with Crippen molar-refractivity contribution in [1.29, 1.82) is 10.8 Å². The molecule has 0 radical (unpaired) electrons. The van der Waals surface area contributed by atoms with Crippen molar-refractivity contribution in [3.63, 3.8) is 0 Å². The zero-order valence-electron chi connectivity index (χ0n) is 18.9. The van der Waals surface area contributed by atoms with Gasteiger partial charge >= 0.3 is 0 Å². The van der Waals surface area contributed by atoms with Gasteiger partial charge in [-0.1, -0.05) is 38.1 Å². The van der Waals surface area contributed by atoms with E-state index in [1.54, 1.807) is 19.2 Å². The molecule has 0 bridgehead atoms. The Balaban J connectivity index is 1.70. The van der Waals surface area contributed by atoms with Crippen LogP contribution in [0.5, 0.6) is 5.88 Å². The first kappa shape index (κ1) is 23.4. The molecule has 5 N–H and O–H groups in total. The Bertz CT molecular complexity index is 982. The van der Waals surface area contributed by atoms with Crippen molar-refractivity contribution in [1.82, 2.24) is 15.6 Å². The van der Waals surface area contributed by atoms with Gasteiger partial charge in [-0.2, -0.15) is 4.98 Å². The number of hydrogen-bond acceptors (Lipinski definition) is 7. The number of hydrogen-bond donors (Lipinski definition) is 5. The standard InChI is InChI=1S/C24H32N6O2/c1-15(2)21(25)18-7-5-4-6-16(18)14-32-20-9-8-19(23(27-3)30-20)22(26)24(31)29-17-10-12-28-13-11-17/h4-9,15,17,25-26,28H,10-14H2,1-3H3,(H,27,30)(H,29,31). The van der Waals surface area contributed by atoms with E-state index in [-0.39, 0.29) is 24.3 Å². The molecule has 1 aliphatic rings. The number of aromatic nitrogens is 1. The summed E-state index contributed by atoms with van der Waals surface area (Å²) in [6.45, 7) is 6.00. The van der Waals surface area contributed by atoms with Gasteiger partial charge in [0.15, 0.2) is 0 Å². The van der Waals surface area contributed by atoms with E-state index < -0.39 is 5.91 Å². The molecule has 1 amide bonds. The van der Waals surface area contributed by atoms with Crippen LogP contribution in [0.1, 0.15) is 43.4 Å². The molecule has 1 fully saturated rings. The third kappa shape index (κ3) is 5.70. The first-order valence-electron chi connectivity index (χ1n) is 11.0. The Labute approximate surface area is 189 Å². The normalized spacial score (nSPS) is 14.1. The quantitative estimate of drug-likeness (QED) is 0.387. The van der Waals surface area contributed by atoms with Gasteiger partial charge in [-0.3, -0.25) is 10.2 Å². The highest BCUT2D eigenvalue weighted by Gasteiger charge is 2.21. The van der Waals surface area contributed by atoms with Crippen molar-refractivity contribution in [3.05, 3.63) is 53.1 Å². The number of carbonyl (C=O) groups is 1. The van der Waals surface area contributed by atoms with E-state index >= 15 is 0 Å². The number of ether oxygens (including phenoxy) is 1. The molecule has 0 saturated carbocycles. The summed E-state index contributed by atoms with van der Waals surface area (Å²) in [5.41, 5.74) is 2.65. The Morgan fingerprint density at radius 2 is 1.88 bits per heavy atom. The lowest BCUT2D eigenvalue weighted by molar-refractivity contribution is -0.115. The number of carbonyl (C=O) groups excluding carboxylic acids is 1. The van der Waals surface area contributed by atoms with Crippen LogP contribution in [-0.4, -0.2) is 48.5 Å². The minimum Gasteiger partial charge on any atom is -0.473 e. The van der Waals surface area contributed by atoms with Crippen LogP contribution in [0, 0.1) is 16.7 Å². The van der Waals surface area contributed by atoms with Crippen LogP contribution in [-0.2, 0) is 11.4 Å². The largest absolute Gasteiger partial charge is 0.473 e. The zero-order chi connectivity index (χ0) is 23.1. The average Bonchev–Trinajstić information content (AvgIpc) is 2.82. The van der Waals surface area contributed by atoms with Crippen molar-refractivity contribution in [3.8, 4) is 5.88 Å². The molecular weight excluding hydrogens is 404 g/mol. The molecular formula is C24H32N6O2. The number of benzene rings is 1. The molecule has 32 heavy (non-hydrogen) atoms. The van der Waals surface area contributed by atoms with Crippen molar-refractivity contribution in [2.75, 3.05) is 25.5 Å². The highest BCUT2D eigenvalue weighted by Crippen LogP contribution is 2.21. The maximum atomic E-state index is 12.6. The fraction of sp³-hybridized carbons (Fsp3) is 0.417. The molecule has 2 aromatic rings. The highest BCUT2D eigenvalue weighted by molar-refractivity contribution is 6.45. The Kier molecular flexibility index (Phi) is 7.94. The minimum absolute atomic E-state index is 0.0855. The van der Waals surface area contributed by atoms with Gasteiger partial charge < -0.3 is 26.1 Å². The summed E-state index contributed by atoms with van der Waals surface area (Å²) < 4.78 is 5.90. The lowest BCUT2D eigenvalue weighted by Gasteiger charge is -2.24. The second-order valence-corrected chi connectivity index (χ2v) is 8.18. The van der Waals surface area contributed by atoms with E-state index in [0.29, 0.717) is 23.0 Å². The molecule has 0 unspecified atom stereocenters. The lowest BCUT2D eigenvalue weighted by Crippen LogP contribution is -2.45.